The Morgan fingerprint density at radius 1 is 1.00 bits per heavy atom. The molecule has 0 saturated carbocycles. The number of nitrogens with one attached hydrogen (secondary N) is 1. The highest BCUT2D eigenvalue weighted by Crippen LogP contribution is 2.55. The summed E-state index contributed by atoms with van der Waals surface area (Å²) in [5.74, 6) is -1.65. The van der Waals surface area contributed by atoms with Crippen molar-refractivity contribution in [3.05, 3.63) is 77.9 Å². The lowest BCUT2D eigenvalue weighted by molar-refractivity contribution is -0.143. The van der Waals surface area contributed by atoms with E-state index in [2.05, 4.69) is 25.7 Å². The molecule has 2 fully saturated rings. The maximum absolute atomic E-state index is 14.2. The van der Waals surface area contributed by atoms with Crippen molar-refractivity contribution in [2.24, 2.45) is 17.8 Å². The lowest BCUT2D eigenvalue weighted by atomic mass is 9.76. The molecule has 0 unspecified atom stereocenters. The fraction of sp³-hybridized carbons (Fsp3) is 0.393. The monoisotopic (exact) mass is 457 g/mol. The van der Waals surface area contributed by atoms with Crippen LogP contribution in [0.3, 0.4) is 0 Å². The van der Waals surface area contributed by atoms with E-state index in [0.29, 0.717) is 18.9 Å². The van der Waals surface area contributed by atoms with Crippen molar-refractivity contribution in [3.63, 3.8) is 0 Å². The number of carbonyl (C=O) groups excluding carboxylic acids is 3. The Bertz CT molecular complexity index is 1170. The predicted molar refractivity (Wildman–Crippen MR) is 131 cm³/mol. The molecule has 3 heterocycles. The zero-order valence-corrected chi connectivity index (χ0v) is 20.0. The third kappa shape index (κ3) is 3.23. The van der Waals surface area contributed by atoms with E-state index in [1.54, 1.807) is 4.90 Å². The lowest BCUT2D eigenvalue weighted by Crippen LogP contribution is -2.55. The normalized spacial score (nSPS) is 27.8. The van der Waals surface area contributed by atoms with Gasteiger partial charge in [-0.05, 0) is 30.9 Å². The molecule has 34 heavy (non-hydrogen) atoms. The van der Waals surface area contributed by atoms with Crippen molar-refractivity contribution in [1.29, 1.82) is 0 Å². The van der Waals surface area contributed by atoms with E-state index < -0.39 is 17.4 Å². The summed E-state index contributed by atoms with van der Waals surface area (Å²) in [6.45, 7) is 10.7. The molecule has 176 valence electrons. The maximum atomic E-state index is 14.2. The fourth-order valence-electron chi connectivity index (χ4n) is 6.07. The number of hydrogen-bond donors (Lipinski definition) is 1. The van der Waals surface area contributed by atoms with Crippen molar-refractivity contribution in [2.75, 3.05) is 11.4 Å². The van der Waals surface area contributed by atoms with Gasteiger partial charge in [0.15, 0.2) is 0 Å². The zero-order valence-electron chi connectivity index (χ0n) is 20.0. The lowest BCUT2D eigenvalue weighted by Gasteiger charge is -2.31. The largest absolute Gasteiger partial charge is 0.306 e. The topological polar surface area (TPSA) is 69.7 Å². The molecule has 2 aromatic carbocycles. The SMILES string of the molecule is C=C(C)CN1C(=O)[C@]2(N[C@@H](CC(C)C)[C@@H]3C(=O)N(Cc4ccccc4)C(=O)[C@H]32)c2ccccc21. The van der Waals surface area contributed by atoms with Gasteiger partial charge in [-0.25, -0.2) is 0 Å². The van der Waals surface area contributed by atoms with Crippen molar-refractivity contribution < 1.29 is 14.4 Å². The summed E-state index contributed by atoms with van der Waals surface area (Å²) in [6, 6.07) is 16.9. The van der Waals surface area contributed by atoms with Crippen LogP contribution in [0.4, 0.5) is 5.69 Å². The van der Waals surface area contributed by atoms with E-state index in [0.717, 1.165) is 22.4 Å². The average molecular weight is 458 g/mol. The number of nitrogens with zero attached hydrogens (tertiary/aromatic N) is 2. The van der Waals surface area contributed by atoms with E-state index in [1.807, 2.05) is 61.5 Å². The molecule has 3 aliphatic heterocycles. The Balaban J connectivity index is 1.62. The molecule has 3 amide bonds. The highest BCUT2D eigenvalue weighted by Gasteiger charge is 2.71. The first-order valence-corrected chi connectivity index (χ1v) is 12.0. The molecule has 5 rings (SSSR count). The van der Waals surface area contributed by atoms with Crippen molar-refractivity contribution in [1.82, 2.24) is 10.2 Å². The smallest absolute Gasteiger partial charge is 0.253 e. The highest BCUT2D eigenvalue weighted by atomic mass is 16.2. The molecular formula is C28H31N3O3. The number of anilines is 1. The van der Waals surface area contributed by atoms with E-state index in [4.69, 9.17) is 0 Å². The van der Waals surface area contributed by atoms with Crippen LogP contribution in [0.1, 0.15) is 38.3 Å². The van der Waals surface area contributed by atoms with Gasteiger partial charge in [-0.1, -0.05) is 74.5 Å². The Morgan fingerprint density at radius 2 is 1.68 bits per heavy atom. The van der Waals surface area contributed by atoms with Gasteiger partial charge in [-0.2, -0.15) is 0 Å². The van der Waals surface area contributed by atoms with Gasteiger partial charge in [0.25, 0.3) is 5.91 Å². The van der Waals surface area contributed by atoms with Crippen LogP contribution in [0.5, 0.6) is 0 Å². The van der Waals surface area contributed by atoms with Crippen LogP contribution >= 0.6 is 0 Å². The molecule has 0 bridgehead atoms. The van der Waals surface area contributed by atoms with Gasteiger partial charge in [-0.15, -0.1) is 0 Å². The number of carbonyl (C=O) groups is 3. The quantitative estimate of drug-likeness (QED) is 0.531. The number of imide groups is 1. The van der Waals surface area contributed by atoms with E-state index >= 15 is 0 Å². The molecule has 2 aromatic rings. The van der Waals surface area contributed by atoms with Crippen molar-refractivity contribution >= 4 is 23.4 Å². The second-order valence-corrected chi connectivity index (χ2v) is 10.3. The summed E-state index contributed by atoms with van der Waals surface area (Å²) in [7, 11) is 0. The van der Waals surface area contributed by atoms with E-state index in [1.165, 1.54) is 4.90 Å². The van der Waals surface area contributed by atoms with Gasteiger partial charge < -0.3 is 4.90 Å². The van der Waals surface area contributed by atoms with Gasteiger partial charge >= 0.3 is 0 Å². The van der Waals surface area contributed by atoms with Crippen molar-refractivity contribution in [2.45, 2.75) is 45.3 Å². The maximum Gasteiger partial charge on any atom is 0.253 e. The van der Waals surface area contributed by atoms with Gasteiger partial charge in [0, 0.05) is 23.8 Å². The Hall–Kier alpha value is -3.25. The summed E-state index contributed by atoms with van der Waals surface area (Å²) in [5, 5.41) is 3.56. The van der Waals surface area contributed by atoms with E-state index in [9.17, 15) is 14.4 Å². The number of amides is 3. The highest BCUT2D eigenvalue weighted by molar-refractivity contribution is 6.16. The van der Waals surface area contributed by atoms with Gasteiger partial charge in [-0.3, -0.25) is 24.6 Å². The van der Waals surface area contributed by atoms with Crippen LogP contribution in [0, 0.1) is 17.8 Å². The first-order chi connectivity index (χ1) is 16.3. The van der Waals surface area contributed by atoms with Crippen LogP contribution < -0.4 is 10.2 Å². The number of hydrogen-bond acceptors (Lipinski definition) is 4. The summed E-state index contributed by atoms with van der Waals surface area (Å²) >= 11 is 0. The number of para-hydroxylation sites is 1. The Morgan fingerprint density at radius 3 is 2.35 bits per heavy atom. The number of likely N-dealkylation sites (tertiary alicyclic amines) is 1. The molecule has 0 aliphatic carbocycles. The number of rotatable bonds is 6. The molecule has 0 radical (unpaired) electrons. The second kappa shape index (κ2) is 8.20. The molecule has 0 aromatic heterocycles. The summed E-state index contributed by atoms with van der Waals surface area (Å²) < 4.78 is 0. The second-order valence-electron chi connectivity index (χ2n) is 10.3. The van der Waals surface area contributed by atoms with Crippen LogP contribution in [-0.2, 0) is 26.5 Å². The van der Waals surface area contributed by atoms with Crippen LogP contribution in [-0.4, -0.2) is 35.2 Å². The molecule has 3 aliphatic rings. The van der Waals surface area contributed by atoms with Crippen molar-refractivity contribution in [3.8, 4) is 0 Å². The molecule has 1 N–H and O–H groups in total. The zero-order chi connectivity index (χ0) is 24.2. The first kappa shape index (κ1) is 22.5. The summed E-state index contributed by atoms with van der Waals surface area (Å²) in [5.41, 5.74) is 2.08. The number of fused-ring (bicyclic) bond motifs is 4. The molecule has 1 spiro atoms. The minimum atomic E-state index is -1.24. The minimum absolute atomic E-state index is 0.166. The average Bonchev–Trinajstić information content (AvgIpc) is 3.34. The first-order valence-electron chi connectivity index (χ1n) is 12.0. The molecule has 6 heteroatoms. The molecule has 6 nitrogen and oxygen atoms in total. The fourth-order valence-corrected chi connectivity index (χ4v) is 6.07. The minimum Gasteiger partial charge on any atom is -0.306 e. The van der Waals surface area contributed by atoms with Gasteiger partial charge in [0.2, 0.25) is 11.8 Å². The van der Waals surface area contributed by atoms with E-state index in [-0.39, 0.29) is 30.3 Å². The predicted octanol–water partition coefficient (Wildman–Crippen LogP) is 3.62. The van der Waals surface area contributed by atoms with Crippen LogP contribution in [0.15, 0.2) is 66.7 Å². The summed E-state index contributed by atoms with van der Waals surface area (Å²) in [4.78, 5) is 44.9. The Labute approximate surface area is 200 Å². The Kier molecular flexibility index (Phi) is 5.44. The van der Waals surface area contributed by atoms with Crippen LogP contribution in [0.2, 0.25) is 0 Å². The molecule has 4 atom stereocenters. The summed E-state index contributed by atoms with van der Waals surface area (Å²) in [6.07, 6.45) is 0.705. The number of benzene rings is 2. The van der Waals surface area contributed by atoms with Gasteiger partial charge in [0.05, 0.1) is 18.4 Å². The molecule has 2 saturated heterocycles. The third-order valence-corrected chi connectivity index (χ3v) is 7.29. The third-order valence-electron chi connectivity index (χ3n) is 7.29. The van der Waals surface area contributed by atoms with Crippen LogP contribution in [0.25, 0.3) is 0 Å². The van der Waals surface area contributed by atoms with Gasteiger partial charge in [0.1, 0.15) is 5.54 Å². The standard InChI is InChI=1S/C28H31N3O3/c1-17(2)14-21-23-24(26(33)31(25(23)32)16-19-10-6-5-7-11-19)28(29-21)20-12-8-9-13-22(20)30(27(28)34)15-18(3)4/h5-13,17,21,23-24,29H,3,14-16H2,1-2,4H3/t21-,23-,24-,28-/m0/s1. The molecular weight excluding hydrogens is 426 g/mol.